The summed E-state index contributed by atoms with van der Waals surface area (Å²) in [6, 6.07) is 12.2. The number of esters is 1. The molecule has 1 amide bonds. The third-order valence-electron chi connectivity index (χ3n) is 4.09. The van der Waals surface area contributed by atoms with Crippen LogP contribution in [0.1, 0.15) is 10.4 Å². The average molecular weight is 428 g/mol. The lowest BCUT2D eigenvalue weighted by Crippen LogP contribution is -2.21. The van der Waals surface area contributed by atoms with Gasteiger partial charge in [0.15, 0.2) is 23.2 Å². The number of nitrogens with zero attached hydrogens (tertiary/aromatic N) is 1. The highest BCUT2D eigenvalue weighted by Gasteiger charge is 2.19. The monoisotopic (exact) mass is 428 g/mol. The summed E-state index contributed by atoms with van der Waals surface area (Å²) in [4.78, 5) is 28.9. The normalized spacial score (nSPS) is 10.2. The van der Waals surface area contributed by atoms with Gasteiger partial charge < -0.3 is 18.9 Å². The molecular weight excluding hydrogens is 408 g/mol. The second-order valence-corrected chi connectivity index (χ2v) is 6.79. The van der Waals surface area contributed by atoms with Crippen molar-refractivity contribution in [1.82, 2.24) is 4.98 Å². The van der Waals surface area contributed by atoms with Crippen LogP contribution in [0.2, 0.25) is 0 Å². The maximum absolute atomic E-state index is 12.3. The fraction of sp³-hybridized carbons (Fsp3) is 0.190. The van der Waals surface area contributed by atoms with Gasteiger partial charge in [0.2, 0.25) is 0 Å². The van der Waals surface area contributed by atoms with Crippen LogP contribution in [0.5, 0.6) is 17.2 Å². The lowest BCUT2D eigenvalue weighted by Gasteiger charge is -2.11. The molecular formula is C21H20N2O6S. The van der Waals surface area contributed by atoms with E-state index in [1.807, 2.05) is 29.6 Å². The van der Waals surface area contributed by atoms with Gasteiger partial charge in [0.1, 0.15) is 11.3 Å². The Balaban J connectivity index is 1.59. The molecule has 0 aliphatic carbocycles. The quantitative estimate of drug-likeness (QED) is 0.547. The van der Waals surface area contributed by atoms with Crippen molar-refractivity contribution in [2.75, 3.05) is 33.3 Å². The van der Waals surface area contributed by atoms with Crippen LogP contribution in [0.15, 0.2) is 47.8 Å². The molecule has 1 N–H and O–H groups in total. The molecule has 1 aromatic heterocycles. The van der Waals surface area contributed by atoms with Crippen molar-refractivity contribution < 1.29 is 28.5 Å². The second-order valence-electron chi connectivity index (χ2n) is 5.93. The fourth-order valence-electron chi connectivity index (χ4n) is 2.64. The third-order valence-corrected chi connectivity index (χ3v) is 4.85. The number of nitrogens with one attached hydrogen (secondary N) is 1. The molecule has 0 radical (unpaired) electrons. The zero-order valence-electron chi connectivity index (χ0n) is 16.6. The molecule has 8 nitrogen and oxygen atoms in total. The Morgan fingerprint density at radius 3 is 2.43 bits per heavy atom. The lowest BCUT2D eigenvalue weighted by molar-refractivity contribution is -0.119. The lowest BCUT2D eigenvalue weighted by atomic mass is 10.2. The van der Waals surface area contributed by atoms with Gasteiger partial charge in [-0.2, -0.15) is 0 Å². The molecule has 3 aromatic rings. The van der Waals surface area contributed by atoms with E-state index < -0.39 is 18.5 Å². The SMILES string of the molecule is COc1ccc(-c2csc(NC(=O)COC(=O)c3cccc(OC)c3OC)n2)cc1. The standard InChI is InChI=1S/C21H20N2O6S/c1-26-14-9-7-13(8-10-14)16-12-30-21(22-16)23-18(24)11-29-20(25)15-5-4-6-17(27-2)19(15)28-3/h4-10,12H,11H2,1-3H3,(H,22,23,24). The highest BCUT2D eigenvalue weighted by molar-refractivity contribution is 7.14. The topological polar surface area (TPSA) is 96.0 Å². The number of rotatable bonds is 8. The van der Waals surface area contributed by atoms with Crippen LogP contribution in [-0.2, 0) is 9.53 Å². The Morgan fingerprint density at radius 2 is 1.77 bits per heavy atom. The molecule has 0 unspecified atom stereocenters. The van der Waals surface area contributed by atoms with E-state index >= 15 is 0 Å². The van der Waals surface area contributed by atoms with Crippen molar-refractivity contribution in [3.8, 4) is 28.5 Å². The first-order valence-corrected chi connectivity index (χ1v) is 9.71. The van der Waals surface area contributed by atoms with Gasteiger partial charge in [0.05, 0.1) is 27.0 Å². The zero-order chi connectivity index (χ0) is 21.5. The number of benzene rings is 2. The van der Waals surface area contributed by atoms with Gasteiger partial charge in [-0.05, 0) is 36.4 Å². The molecule has 0 aliphatic rings. The Morgan fingerprint density at radius 1 is 1.00 bits per heavy atom. The Kier molecular flexibility index (Phi) is 6.87. The molecule has 9 heteroatoms. The largest absolute Gasteiger partial charge is 0.497 e. The predicted molar refractivity (Wildman–Crippen MR) is 113 cm³/mol. The molecule has 0 atom stereocenters. The van der Waals surface area contributed by atoms with Crippen LogP contribution < -0.4 is 19.5 Å². The number of carbonyl (C=O) groups is 2. The number of anilines is 1. The van der Waals surface area contributed by atoms with E-state index in [0.29, 0.717) is 10.9 Å². The molecule has 2 aromatic carbocycles. The summed E-state index contributed by atoms with van der Waals surface area (Å²) in [6.07, 6.45) is 0. The van der Waals surface area contributed by atoms with Crippen molar-refractivity contribution in [3.05, 3.63) is 53.4 Å². The molecule has 156 valence electrons. The summed E-state index contributed by atoms with van der Waals surface area (Å²) in [5.41, 5.74) is 1.78. The van der Waals surface area contributed by atoms with E-state index in [4.69, 9.17) is 18.9 Å². The van der Waals surface area contributed by atoms with Gasteiger partial charge in [-0.1, -0.05) is 6.07 Å². The first kappa shape index (κ1) is 21.1. The number of aromatic nitrogens is 1. The maximum Gasteiger partial charge on any atom is 0.342 e. The number of para-hydroxylation sites is 1. The summed E-state index contributed by atoms with van der Waals surface area (Å²) in [6.45, 7) is -0.462. The third kappa shape index (κ3) is 4.87. The van der Waals surface area contributed by atoms with Crippen molar-refractivity contribution in [2.24, 2.45) is 0 Å². The van der Waals surface area contributed by atoms with E-state index in [9.17, 15) is 9.59 Å². The second kappa shape index (κ2) is 9.75. The molecule has 0 aliphatic heterocycles. The van der Waals surface area contributed by atoms with Crippen LogP contribution >= 0.6 is 11.3 Å². The number of carbonyl (C=O) groups excluding carboxylic acids is 2. The minimum atomic E-state index is -0.695. The Labute approximate surface area is 177 Å². The minimum Gasteiger partial charge on any atom is -0.497 e. The number of thiazole rings is 1. The first-order valence-electron chi connectivity index (χ1n) is 8.83. The molecule has 0 saturated heterocycles. The number of ether oxygens (including phenoxy) is 4. The summed E-state index contributed by atoms with van der Waals surface area (Å²) >= 11 is 1.27. The first-order chi connectivity index (χ1) is 14.5. The molecule has 0 saturated carbocycles. The van der Waals surface area contributed by atoms with Gasteiger partial charge in [0, 0.05) is 10.9 Å². The van der Waals surface area contributed by atoms with E-state index in [1.54, 1.807) is 19.2 Å². The Hall–Kier alpha value is -3.59. The van der Waals surface area contributed by atoms with Gasteiger partial charge in [0.25, 0.3) is 5.91 Å². The number of methoxy groups -OCH3 is 3. The van der Waals surface area contributed by atoms with Crippen LogP contribution in [0.25, 0.3) is 11.3 Å². The molecule has 0 bridgehead atoms. The van der Waals surface area contributed by atoms with Crippen LogP contribution in [0, 0.1) is 0 Å². The summed E-state index contributed by atoms with van der Waals surface area (Å²) in [5, 5.41) is 4.85. The molecule has 0 fully saturated rings. The van der Waals surface area contributed by atoms with Crippen molar-refractivity contribution in [3.63, 3.8) is 0 Å². The smallest absolute Gasteiger partial charge is 0.342 e. The van der Waals surface area contributed by atoms with Crippen LogP contribution in [0.4, 0.5) is 5.13 Å². The van der Waals surface area contributed by atoms with E-state index in [1.165, 1.54) is 31.6 Å². The van der Waals surface area contributed by atoms with Crippen molar-refractivity contribution >= 4 is 28.3 Å². The van der Waals surface area contributed by atoms with Gasteiger partial charge in [-0.15, -0.1) is 11.3 Å². The number of hydrogen-bond donors (Lipinski definition) is 1. The Bertz CT molecular complexity index is 1030. The highest BCUT2D eigenvalue weighted by atomic mass is 32.1. The van der Waals surface area contributed by atoms with E-state index in [0.717, 1.165) is 17.0 Å². The summed E-state index contributed by atoms with van der Waals surface area (Å²) in [5.74, 6) is 0.191. The summed E-state index contributed by atoms with van der Waals surface area (Å²) < 4.78 is 20.6. The van der Waals surface area contributed by atoms with Gasteiger partial charge >= 0.3 is 5.97 Å². The minimum absolute atomic E-state index is 0.167. The summed E-state index contributed by atoms with van der Waals surface area (Å²) in [7, 11) is 4.49. The predicted octanol–water partition coefficient (Wildman–Crippen LogP) is 3.63. The fourth-order valence-corrected chi connectivity index (χ4v) is 3.37. The highest BCUT2D eigenvalue weighted by Crippen LogP contribution is 2.31. The molecule has 30 heavy (non-hydrogen) atoms. The molecule has 1 heterocycles. The molecule has 3 rings (SSSR count). The van der Waals surface area contributed by atoms with Crippen molar-refractivity contribution in [1.29, 1.82) is 0 Å². The van der Waals surface area contributed by atoms with Crippen LogP contribution in [-0.4, -0.2) is 44.8 Å². The maximum atomic E-state index is 12.3. The average Bonchev–Trinajstić information content (AvgIpc) is 3.25. The van der Waals surface area contributed by atoms with Crippen molar-refractivity contribution in [2.45, 2.75) is 0 Å². The zero-order valence-corrected chi connectivity index (χ0v) is 17.4. The van der Waals surface area contributed by atoms with Crippen LogP contribution in [0.3, 0.4) is 0 Å². The van der Waals surface area contributed by atoms with Gasteiger partial charge in [-0.25, -0.2) is 9.78 Å². The van der Waals surface area contributed by atoms with Gasteiger partial charge in [-0.3, -0.25) is 10.1 Å². The number of hydrogen-bond acceptors (Lipinski definition) is 8. The van der Waals surface area contributed by atoms with E-state index in [2.05, 4.69) is 10.3 Å². The number of amides is 1. The molecule has 0 spiro atoms. The van der Waals surface area contributed by atoms with E-state index in [-0.39, 0.29) is 11.3 Å².